The zero-order chi connectivity index (χ0) is 15.4. The molecule has 5 heteroatoms. The third kappa shape index (κ3) is 3.93. The van der Waals surface area contributed by atoms with E-state index in [2.05, 4.69) is 0 Å². The number of hydrogen-bond donors (Lipinski definition) is 0. The van der Waals surface area contributed by atoms with Crippen molar-refractivity contribution in [1.82, 2.24) is 0 Å². The fraction of sp³-hybridized carbons (Fsp3) is 0.250. The van der Waals surface area contributed by atoms with E-state index in [9.17, 15) is 9.59 Å². The van der Waals surface area contributed by atoms with Crippen molar-refractivity contribution in [3.05, 3.63) is 56.7 Å². The fourth-order valence-electron chi connectivity index (χ4n) is 1.69. The van der Waals surface area contributed by atoms with Crippen molar-refractivity contribution in [2.75, 3.05) is 0 Å². The SMILES string of the molecule is CC(C)C(=O)c1sc(C(=O)OCc2ccccc2)cc1Cl. The smallest absolute Gasteiger partial charge is 0.348 e. The van der Waals surface area contributed by atoms with Gasteiger partial charge in [0.1, 0.15) is 11.5 Å². The van der Waals surface area contributed by atoms with Gasteiger partial charge >= 0.3 is 5.97 Å². The van der Waals surface area contributed by atoms with Crippen LogP contribution in [0, 0.1) is 5.92 Å². The largest absolute Gasteiger partial charge is 0.457 e. The number of rotatable bonds is 5. The highest BCUT2D eigenvalue weighted by atomic mass is 35.5. The van der Waals surface area contributed by atoms with Crippen LogP contribution in [-0.2, 0) is 11.3 Å². The maximum atomic E-state index is 12.0. The highest BCUT2D eigenvalue weighted by molar-refractivity contribution is 7.16. The predicted octanol–water partition coefficient (Wildman–Crippen LogP) is 4.60. The van der Waals surface area contributed by atoms with Gasteiger partial charge in [0, 0.05) is 5.92 Å². The summed E-state index contributed by atoms with van der Waals surface area (Å²) in [5, 5.41) is 0.311. The zero-order valence-electron chi connectivity index (χ0n) is 11.8. The Morgan fingerprint density at radius 2 is 1.90 bits per heavy atom. The number of benzene rings is 1. The van der Waals surface area contributed by atoms with E-state index in [0.717, 1.165) is 16.9 Å². The number of Topliss-reactive ketones (excluding diaryl/α,β-unsaturated/α-hetero) is 1. The topological polar surface area (TPSA) is 43.4 Å². The first-order valence-corrected chi connectivity index (χ1v) is 7.73. The summed E-state index contributed by atoms with van der Waals surface area (Å²) in [6.07, 6.45) is 0. The van der Waals surface area contributed by atoms with E-state index in [1.54, 1.807) is 13.8 Å². The van der Waals surface area contributed by atoms with Crippen molar-refractivity contribution in [2.45, 2.75) is 20.5 Å². The highest BCUT2D eigenvalue weighted by Crippen LogP contribution is 2.30. The van der Waals surface area contributed by atoms with Crippen molar-refractivity contribution in [3.8, 4) is 0 Å². The Morgan fingerprint density at radius 1 is 1.24 bits per heavy atom. The molecular weight excluding hydrogens is 308 g/mol. The van der Waals surface area contributed by atoms with Gasteiger partial charge in [-0.3, -0.25) is 4.79 Å². The van der Waals surface area contributed by atoms with Crippen molar-refractivity contribution in [2.24, 2.45) is 5.92 Å². The van der Waals surface area contributed by atoms with Crippen molar-refractivity contribution < 1.29 is 14.3 Å². The van der Waals surface area contributed by atoms with Crippen LogP contribution in [-0.4, -0.2) is 11.8 Å². The third-order valence-corrected chi connectivity index (χ3v) is 4.39. The summed E-state index contributed by atoms with van der Waals surface area (Å²) >= 11 is 7.11. The maximum absolute atomic E-state index is 12.0. The van der Waals surface area contributed by atoms with Gasteiger partial charge in [-0.15, -0.1) is 11.3 Å². The molecule has 0 spiro atoms. The van der Waals surface area contributed by atoms with E-state index in [4.69, 9.17) is 16.3 Å². The third-order valence-electron chi connectivity index (χ3n) is 2.85. The lowest BCUT2D eigenvalue weighted by Crippen LogP contribution is -2.05. The molecule has 0 atom stereocenters. The summed E-state index contributed by atoms with van der Waals surface area (Å²) in [5.74, 6) is -0.685. The average Bonchev–Trinajstić information content (AvgIpc) is 2.87. The summed E-state index contributed by atoms with van der Waals surface area (Å²) in [5.41, 5.74) is 0.909. The molecule has 0 saturated heterocycles. The van der Waals surface area contributed by atoms with E-state index in [1.165, 1.54) is 6.07 Å². The molecule has 21 heavy (non-hydrogen) atoms. The number of halogens is 1. The summed E-state index contributed by atoms with van der Waals surface area (Å²) in [7, 11) is 0. The molecule has 110 valence electrons. The number of carbonyl (C=O) groups excluding carboxylic acids is 2. The monoisotopic (exact) mass is 322 g/mol. The molecule has 0 fully saturated rings. The second kappa shape index (κ2) is 6.87. The second-order valence-electron chi connectivity index (χ2n) is 4.87. The van der Waals surface area contributed by atoms with Crippen molar-refractivity contribution in [3.63, 3.8) is 0 Å². The van der Waals surface area contributed by atoms with Gasteiger partial charge in [-0.1, -0.05) is 55.8 Å². The molecule has 1 aromatic heterocycles. The number of carbonyl (C=O) groups is 2. The molecule has 1 aromatic carbocycles. The first-order valence-electron chi connectivity index (χ1n) is 6.53. The van der Waals surface area contributed by atoms with Gasteiger partial charge in [0.2, 0.25) is 0 Å². The Balaban J connectivity index is 2.07. The van der Waals surface area contributed by atoms with Crippen LogP contribution in [0.2, 0.25) is 5.02 Å². The van der Waals surface area contributed by atoms with Crippen LogP contribution in [0.4, 0.5) is 0 Å². The predicted molar refractivity (Wildman–Crippen MR) is 84.1 cm³/mol. The Bertz CT molecular complexity index is 647. The summed E-state index contributed by atoms with van der Waals surface area (Å²) in [6, 6.07) is 10.9. The van der Waals surface area contributed by atoms with Crippen molar-refractivity contribution >= 4 is 34.7 Å². The van der Waals surface area contributed by atoms with Crippen LogP contribution in [0.1, 0.15) is 38.8 Å². The van der Waals surface area contributed by atoms with Crippen molar-refractivity contribution in [1.29, 1.82) is 0 Å². The molecule has 2 rings (SSSR count). The molecule has 0 aliphatic rings. The molecule has 0 unspecified atom stereocenters. The lowest BCUT2D eigenvalue weighted by atomic mass is 10.1. The normalized spacial score (nSPS) is 10.7. The molecule has 0 aliphatic carbocycles. The van der Waals surface area contributed by atoms with Crippen LogP contribution >= 0.6 is 22.9 Å². The fourth-order valence-corrected chi connectivity index (χ4v) is 3.11. The van der Waals surface area contributed by atoms with Gasteiger partial charge in [-0.05, 0) is 11.6 Å². The van der Waals surface area contributed by atoms with E-state index >= 15 is 0 Å². The summed E-state index contributed by atoms with van der Waals surface area (Å²) in [4.78, 5) is 24.7. The van der Waals surface area contributed by atoms with Gasteiger partial charge in [0.25, 0.3) is 0 Å². The molecule has 0 saturated carbocycles. The molecule has 2 aromatic rings. The quantitative estimate of drug-likeness (QED) is 0.597. The first kappa shape index (κ1) is 15.7. The summed E-state index contributed by atoms with van der Waals surface area (Å²) < 4.78 is 5.22. The van der Waals surface area contributed by atoms with Crippen LogP contribution in [0.25, 0.3) is 0 Å². The molecule has 0 amide bonds. The molecule has 1 heterocycles. The van der Waals surface area contributed by atoms with Gasteiger partial charge in [0.05, 0.1) is 9.90 Å². The minimum atomic E-state index is -0.464. The Kier molecular flexibility index (Phi) is 5.15. The Morgan fingerprint density at radius 3 is 2.52 bits per heavy atom. The van der Waals surface area contributed by atoms with Crippen LogP contribution in [0.3, 0.4) is 0 Å². The minimum Gasteiger partial charge on any atom is -0.457 e. The molecular formula is C16H15ClO3S. The average molecular weight is 323 g/mol. The number of ketones is 1. The van der Waals surface area contributed by atoms with Gasteiger partial charge in [-0.2, -0.15) is 0 Å². The summed E-state index contributed by atoms with van der Waals surface area (Å²) in [6.45, 7) is 3.79. The Labute approximate surface area is 132 Å². The number of thiophene rings is 1. The first-order chi connectivity index (χ1) is 9.99. The van der Waals surface area contributed by atoms with E-state index < -0.39 is 5.97 Å². The van der Waals surface area contributed by atoms with E-state index in [-0.39, 0.29) is 18.3 Å². The number of hydrogen-bond acceptors (Lipinski definition) is 4. The van der Waals surface area contributed by atoms with Gasteiger partial charge < -0.3 is 4.74 Å². The lowest BCUT2D eigenvalue weighted by molar-refractivity contribution is 0.0478. The molecule has 0 aliphatic heterocycles. The van der Waals surface area contributed by atoms with E-state index in [1.807, 2.05) is 30.3 Å². The van der Waals surface area contributed by atoms with Crippen LogP contribution < -0.4 is 0 Å². The Hall–Kier alpha value is -1.65. The number of esters is 1. The second-order valence-corrected chi connectivity index (χ2v) is 6.33. The maximum Gasteiger partial charge on any atom is 0.348 e. The molecule has 3 nitrogen and oxygen atoms in total. The molecule has 0 bridgehead atoms. The highest BCUT2D eigenvalue weighted by Gasteiger charge is 2.21. The molecule has 0 N–H and O–H groups in total. The van der Waals surface area contributed by atoms with Gasteiger partial charge in [0.15, 0.2) is 5.78 Å². The standard InChI is InChI=1S/C16H15ClO3S/c1-10(2)14(18)15-12(17)8-13(21-15)16(19)20-9-11-6-4-3-5-7-11/h3-8,10H,9H2,1-2H3. The van der Waals surface area contributed by atoms with E-state index in [0.29, 0.717) is 14.8 Å². The minimum absolute atomic E-state index is 0.0629. The van der Waals surface area contributed by atoms with Crippen LogP contribution in [0.5, 0.6) is 0 Å². The lowest BCUT2D eigenvalue weighted by Gasteiger charge is -2.03. The van der Waals surface area contributed by atoms with Crippen LogP contribution in [0.15, 0.2) is 36.4 Å². The molecule has 0 radical (unpaired) electrons. The number of ether oxygens (including phenoxy) is 1. The van der Waals surface area contributed by atoms with Gasteiger partial charge in [-0.25, -0.2) is 4.79 Å². The zero-order valence-corrected chi connectivity index (χ0v) is 13.3.